The van der Waals surface area contributed by atoms with Crippen molar-refractivity contribution in [3.63, 3.8) is 0 Å². The molecule has 2 N–H and O–H groups in total. The van der Waals surface area contributed by atoms with Crippen LogP contribution >= 0.6 is 0 Å². The fraction of sp³-hybridized carbons (Fsp3) is 0.261. The molecule has 8 heteroatoms. The molecule has 0 saturated heterocycles. The Labute approximate surface area is 178 Å². The number of fused-ring (bicyclic) bond motifs is 1. The summed E-state index contributed by atoms with van der Waals surface area (Å²) in [5.41, 5.74) is 1.12. The molecule has 1 atom stereocenters. The van der Waals surface area contributed by atoms with E-state index in [4.69, 9.17) is 13.9 Å². The summed E-state index contributed by atoms with van der Waals surface area (Å²) >= 11 is 0. The van der Waals surface area contributed by atoms with Crippen LogP contribution in [0.5, 0.6) is 11.5 Å². The van der Waals surface area contributed by atoms with Gasteiger partial charge in [-0.3, -0.25) is 4.79 Å². The summed E-state index contributed by atoms with van der Waals surface area (Å²) in [6, 6.07) is 11.1. The first-order valence-electron chi connectivity index (χ1n) is 9.58. The van der Waals surface area contributed by atoms with Crippen molar-refractivity contribution in [2.45, 2.75) is 25.8 Å². The molecule has 3 aromatic rings. The number of aliphatic carboxylic acids is 1. The molecule has 3 rings (SSSR count). The molecule has 2 aromatic carbocycles. The molecule has 0 aliphatic heterocycles. The fourth-order valence-electron chi connectivity index (χ4n) is 3.38. The maximum absolute atomic E-state index is 12.6. The number of carboxylic acids is 1. The van der Waals surface area contributed by atoms with Gasteiger partial charge >= 0.3 is 11.6 Å². The van der Waals surface area contributed by atoms with Crippen LogP contribution in [0.1, 0.15) is 16.7 Å². The van der Waals surface area contributed by atoms with Gasteiger partial charge in [-0.1, -0.05) is 30.3 Å². The fourth-order valence-corrected chi connectivity index (χ4v) is 3.38. The third-order valence-electron chi connectivity index (χ3n) is 5.04. The van der Waals surface area contributed by atoms with Crippen molar-refractivity contribution in [1.82, 2.24) is 5.32 Å². The Morgan fingerprint density at radius 2 is 1.74 bits per heavy atom. The lowest BCUT2D eigenvalue weighted by molar-refractivity contribution is -0.141. The van der Waals surface area contributed by atoms with Gasteiger partial charge in [0.05, 0.1) is 26.2 Å². The molecular weight excluding hydrogens is 402 g/mol. The second kappa shape index (κ2) is 9.34. The predicted molar refractivity (Wildman–Crippen MR) is 114 cm³/mol. The predicted octanol–water partition coefficient (Wildman–Crippen LogP) is 2.47. The smallest absolute Gasteiger partial charge is 0.340 e. The molecule has 1 heterocycles. The number of ether oxygens (including phenoxy) is 2. The summed E-state index contributed by atoms with van der Waals surface area (Å²) < 4.78 is 15.9. The van der Waals surface area contributed by atoms with Crippen molar-refractivity contribution in [1.29, 1.82) is 0 Å². The number of hydrogen-bond donors (Lipinski definition) is 2. The first-order valence-corrected chi connectivity index (χ1v) is 9.58. The molecule has 0 aliphatic rings. The van der Waals surface area contributed by atoms with Gasteiger partial charge in [0.15, 0.2) is 11.5 Å². The quantitative estimate of drug-likeness (QED) is 0.533. The Kier molecular flexibility index (Phi) is 6.59. The van der Waals surface area contributed by atoms with E-state index in [-0.39, 0.29) is 18.4 Å². The van der Waals surface area contributed by atoms with Gasteiger partial charge in [0.1, 0.15) is 11.6 Å². The third kappa shape index (κ3) is 4.85. The van der Waals surface area contributed by atoms with E-state index in [2.05, 4.69) is 5.32 Å². The molecule has 1 amide bonds. The highest BCUT2D eigenvalue weighted by Crippen LogP contribution is 2.33. The van der Waals surface area contributed by atoms with Crippen LogP contribution < -0.4 is 20.4 Å². The number of nitrogens with one attached hydrogen (secondary N) is 1. The summed E-state index contributed by atoms with van der Waals surface area (Å²) in [4.78, 5) is 36.7. The molecule has 31 heavy (non-hydrogen) atoms. The highest BCUT2D eigenvalue weighted by atomic mass is 16.5. The second-order valence-corrected chi connectivity index (χ2v) is 7.02. The van der Waals surface area contributed by atoms with Crippen LogP contribution in [0, 0.1) is 6.92 Å². The summed E-state index contributed by atoms with van der Waals surface area (Å²) in [5.74, 6) is -0.876. The minimum absolute atomic E-state index is 0.129. The van der Waals surface area contributed by atoms with Crippen LogP contribution in [-0.4, -0.2) is 37.2 Å². The summed E-state index contributed by atoms with van der Waals surface area (Å²) in [6.45, 7) is 1.70. The molecule has 1 unspecified atom stereocenters. The van der Waals surface area contributed by atoms with Crippen molar-refractivity contribution in [3.8, 4) is 11.5 Å². The van der Waals surface area contributed by atoms with E-state index >= 15 is 0 Å². The van der Waals surface area contributed by atoms with Crippen LogP contribution in [0.25, 0.3) is 11.0 Å². The Hall–Kier alpha value is -3.81. The van der Waals surface area contributed by atoms with Gasteiger partial charge < -0.3 is 24.3 Å². The lowest BCUT2D eigenvalue weighted by Crippen LogP contribution is -2.43. The standard InChI is InChI=1S/C23H23NO7/c1-13-15-10-19(29-2)20(30-3)12-18(15)31-23(28)16(13)11-21(25)24-17(22(26)27)9-14-7-5-4-6-8-14/h4-8,10,12,17H,9,11H2,1-3H3,(H,24,25)(H,26,27). The molecule has 0 spiro atoms. The molecule has 0 bridgehead atoms. The highest BCUT2D eigenvalue weighted by Gasteiger charge is 2.23. The van der Waals surface area contributed by atoms with E-state index in [1.807, 2.05) is 6.07 Å². The van der Waals surface area contributed by atoms with E-state index in [1.54, 1.807) is 43.3 Å². The van der Waals surface area contributed by atoms with Gasteiger partial charge in [-0.15, -0.1) is 0 Å². The zero-order valence-electron chi connectivity index (χ0n) is 17.4. The molecule has 0 radical (unpaired) electrons. The molecule has 0 saturated carbocycles. The Morgan fingerprint density at radius 3 is 2.35 bits per heavy atom. The van der Waals surface area contributed by atoms with Gasteiger partial charge in [0.2, 0.25) is 5.91 Å². The zero-order valence-corrected chi connectivity index (χ0v) is 17.4. The monoisotopic (exact) mass is 425 g/mol. The maximum atomic E-state index is 12.6. The van der Waals surface area contributed by atoms with E-state index in [0.29, 0.717) is 28.0 Å². The number of rotatable bonds is 8. The minimum Gasteiger partial charge on any atom is -0.493 e. The normalized spacial score (nSPS) is 11.7. The summed E-state index contributed by atoms with van der Waals surface area (Å²) in [7, 11) is 2.97. The van der Waals surface area contributed by atoms with Crippen LogP contribution in [0.2, 0.25) is 0 Å². The van der Waals surface area contributed by atoms with Gasteiger partial charge in [0.25, 0.3) is 0 Å². The second-order valence-electron chi connectivity index (χ2n) is 7.02. The molecular formula is C23H23NO7. The first kappa shape index (κ1) is 21.9. The van der Waals surface area contributed by atoms with Crippen molar-refractivity contribution < 1.29 is 28.6 Å². The van der Waals surface area contributed by atoms with E-state index in [0.717, 1.165) is 5.56 Å². The number of aryl methyl sites for hydroxylation is 1. The average molecular weight is 425 g/mol. The average Bonchev–Trinajstić information content (AvgIpc) is 2.76. The van der Waals surface area contributed by atoms with Crippen LogP contribution in [0.15, 0.2) is 51.7 Å². The van der Waals surface area contributed by atoms with E-state index in [1.165, 1.54) is 14.2 Å². The number of carbonyl (C=O) groups is 2. The van der Waals surface area contributed by atoms with Crippen LogP contribution in [0.3, 0.4) is 0 Å². The molecule has 0 fully saturated rings. The van der Waals surface area contributed by atoms with Gasteiger partial charge in [-0.25, -0.2) is 9.59 Å². The van der Waals surface area contributed by atoms with Crippen molar-refractivity contribution in [2.24, 2.45) is 0 Å². The first-order chi connectivity index (χ1) is 14.8. The molecule has 162 valence electrons. The maximum Gasteiger partial charge on any atom is 0.340 e. The topological polar surface area (TPSA) is 115 Å². The molecule has 8 nitrogen and oxygen atoms in total. The van der Waals surface area contributed by atoms with Crippen molar-refractivity contribution in [3.05, 3.63) is 69.6 Å². The van der Waals surface area contributed by atoms with Crippen LogP contribution in [0.4, 0.5) is 0 Å². The lowest BCUT2D eigenvalue weighted by atomic mass is 10.0. The summed E-state index contributed by atoms with van der Waals surface area (Å²) in [5, 5.41) is 12.6. The number of amides is 1. The number of carbonyl (C=O) groups excluding carboxylic acids is 1. The minimum atomic E-state index is -1.16. The third-order valence-corrected chi connectivity index (χ3v) is 5.04. The van der Waals surface area contributed by atoms with Gasteiger partial charge in [-0.05, 0) is 24.1 Å². The van der Waals surface area contributed by atoms with E-state index in [9.17, 15) is 19.5 Å². The number of methoxy groups -OCH3 is 2. The molecule has 0 aliphatic carbocycles. The largest absolute Gasteiger partial charge is 0.493 e. The number of benzene rings is 2. The van der Waals surface area contributed by atoms with Crippen molar-refractivity contribution >= 4 is 22.8 Å². The van der Waals surface area contributed by atoms with Crippen molar-refractivity contribution in [2.75, 3.05) is 14.2 Å². The Morgan fingerprint density at radius 1 is 1.10 bits per heavy atom. The highest BCUT2D eigenvalue weighted by molar-refractivity contribution is 5.88. The van der Waals surface area contributed by atoms with Crippen LogP contribution in [-0.2, 0) is 22.4 Å². The summed E-state index contributed by atoms with van der Waals surface area (Å²) in [6.07, 6.45) is -0.179. The van der Waals surface area contributed by atoms with Gasteiger partial charge in [-0.2, -0.15) is 0 Å². The number of carboxylic acid groups (broad SMARTS) is 1. The lowest BCUT2D eigenvalue weighted by Gasteiger charge is -2.15. The van der Waals surface area contributed by atoms with Gasteiger partial charge in [0, 0.05) is 17.9 Å². The SMILES string of the molecule is COc1cc2oc(=O)c(CC(=O)NC(Cc3ccccc3)C(=O)O)c(C)c2cc1OC. The molecule has 1 aromatic heterocycles. The van der Waals surface area contributed by atoms with E-state index < -0.39 is 23.5 Å². The number of hydrogen-bond acceptors (Lipinski definition) is 6. The Bertz CT molecular complexity index is 1170. The zero-order chi connectivity index (χ0) is 22.5. The Balaban J connectivity index is 1.86.